The maximum Gasteiger partial charge on any atom is 0.340 e. The molecule has 4 nitrogen and oxygen atoms in total. The Kier molecular flexibility index (Phi) is 4.22. The molecular weight excluding hydrogens is 364 g/mol. The first kappa shape index (κ1) is 15.1. The fraction of sp³-hybridized carbons (Fsp3) is 0.125. The summed E-state index contributed by atoms with van der Waals surface area (Å²) >= 11 is 4.94. The number of nitrogens with zero attached hydrogens (tertiary/aromatic N) is 2. The third-order valence-corrected chi connectivity index (χ3v) is 4.84. The number of esters is 1. The minimum atomic E-state index is -0.352. The van der Waals surface area contributed by atoms with Crippen molar-refractivity contribution >= 4 is 44.9 Å². The van der Waals surface area contributed by atoms with E-state index in [-0.39, 0.29) is 5.97 Å². The van der Waals surface area contributed by atoms with Crippen molar-refractivity contribution in [3.05, 3.63) is 58.3 Å². The van der Waals surface area contributed by atoms with Gasteiger partial charge in [-0.1, -0.05) is 18.2 Å². The first-order valence-electron chi connectivity index (χ1n) is 6.60. The fourth-order valence-electron chi connectivity index (χ4n) is 2.29. The van der Waals surface area contributed by atoms with Crippen LogP contribution in [0.4, 0.5) is 0 Å². The number of benzene rings is 1. The van der Waals surface area contributed by atoms with Crippen molar-refractivity contribution < 1.29 is 9.53 Å². The highest BCUT2D eigenvalue weighted by Gasteiger charge is 2.22. The van der Waals surface area contributed by atoms with E-state index < -0.39 is 0 Å². The van der Waals surface area contributed by atoms with Crippen LogP contribution in [0.5, 0.6) is 0 Å². The zero-order valence-corrected chi connectivity index (χ0v) is 14.4. The van der Waals surface area contributed by atoms with Crippen molar-refractivity contribution in [1.29, 1.82) is 0 Å². The van der Waals surface area contributed by atoms with Crippen molar-refractivity contribution in [2.45, 2.75) is 11.8 Å². The van der Waals surface area contributed by atoms with E-state index in [1.807, 2.05) is 47.3 Å². The fourth-order valence-corrected chi connectivity index (χ4v) is 3.57. The highest BCUT2D eigenvalue weighted by atomic mass is 79.9. The van der Waals surface area contributed by atoms with Crippen LogP contribution in [0.15, 0.2) is 52.0 Å². The van der Waals surface area contributed by atoms with Crippen molar-refractivity contribution in [2.75, 3.05) is 7.11 Å². The molecule has 6 heteroatoms. The van der Waals surface area contributed by atoms with E-state index in [9.17, 15) is 4.79 Å². The van der Waals surface area contributed by atoms with E-state index in [1.54, 1.807) is 6.20 Å². The highest BCUT2D eigenvalue weighted by molar-refractivity contribution is 9.10. The SMILES string of the molecule is COC(=O)c1c(C)n(Sc2ccccc2)c2ncc(Br)cc12. The van der Waals surface area contributed by atoms with Gasteiger partial charge in [0.1, 0.15) is 0 Å². The normalized spacial score (nSPS) is 10.9. The molecule has 3 aromatic rings. The van der Waals surface area contributed by atoms with Gasteiger partial charge in [0, 0.05) is 26.6 Å². The van der Waals surface area contributed by atoms with E-state index in [0.29, 0.717) is 5.56 Å². The summed E-state index contributed by atoms with van der Waals surface area (Å²) in [6, 6.07) is 11.9. The summed E-state index contributed by atoms with van der Waals surface area (Å²) < 4.78 is 7.71. The Morgan fingerprint density at radius 3 is 2.73 bits per heavy atom. The largest absolute Gasteiger partial charge is 0.465 e. The molecule has 0 aliphatic carbocycles. The van der Waals surface area contributed by atoms with Crippen molar-refractivity contribution in [1.82, 2.24) is 8.96 Å². The summed E-state index contributed by atoms with van der Waals surface area (Å²) in [5.41, 5.74) is 2.12. The molecular formula is C16H13BrN2O2S. The predicted molar refractivity (Wildman–Crippen MR) is 91.2 cm³/mol. The predicted octanol–water partition coefficient (Wildman–Crippen LogP) is 4.45. The number of halogens is 1. The number of carbonyl (C=O) groups excluding carboxylic acids is 1. The lowest BCUT2D eigenvalue weighted by Crippen LogP contribution is -2.03. The van der Waals surface area contributed by atoms with Crippen molar-refractivity contribution in [2.24, 2.45) is 0 Å². The quantitative estimate of drug-likeness (QED) is 0.633. The third kappa shape index (κ3) is 2.64. The molecule has 112 valence electrons. The average Bonchev–Trinajstić information content (AvgIpc) is 2.79. The molecule has 0 saturated heterocycles. The minimum Gasteiger partial charge on any atom is -0.465 e. The van der Waals surface area contributed by atoms with Gasteiger partial charge in [0.25, 0.3) is 0 Å². The van der Waals surface area contributed by atoms with Crippen LogP contribution < -0.4 is 0 Å². The number of aromatic nitrogens is 2. The molecule has 0 radical (unpaired) electrons. The van der Waals surface area contributed by atoms with Crippen LogP contribution in [0.2, 0.25) is 0 Å². The minimum absolute atomic E-state index is 0.352. The molecule has 2 aromatic heterocycles. The number of hydrogen-bond acceptors (Lipinski definition) is 4. The Morgan fingerprint density at radius 1 is 1.32 bits per heavy atom. The summed E-state index contributed by atoms with van der Waals surface area (Å²) in [7, 11) is 1.39. The summed E-state index contributed by atoms with van der Waals surface area (Å²) in [4.78, 5) is 17.7. The number of ether oxygens (including phenoxy) is 1. The van der Waals surface area contributed by atoms with Gasteiger partial charge in [0.05, 0.1) is 12.7 Å². The molecule has 0 unspecified atom stereocenters. The Bertz CT molecular complexity index is 846. The standard InChI is InChI=1S/C16H13BrN2O2S/c1-10-14(16(20)21-2)13-8-11(17)9-18-15(13)19(10)22-12-6-4-3-5-7-12/h3-9H,1-2H3. The monoisotopic (exact) mass is 376 g/mol. The summed E-state index contributed by atoms with van der Waals surface area (Å²) in [5, 5.41) is 0.780. The van der Waals surface area contributed by atoms with Crippen LogP contribution in [0.3, 0.4) is 0 Å². The van der Waals surface area contributed by atoms with Crippen LogP contribution in [0.1, 0.15) is 16.1 Å². The van der Waals surface area contributed by atoms with E-state index in [4.69, 9.17) is 4.74 Å². The number of rotatable bonds is 3. The van der Waals surface area contributed by atoms with Gasteiger partial charge in [0.2, 0.25) is 0 Å². The van der Waals surface area contributed by atoms with E-state index >= 15 is 0 Å². The molecule has 3 rings (SSSR count). The Labute approximate surface area is 140 Å². The van der Waals surface area contributed by atoms with Crippen LogP contribution in [-0.4, -0.2) is 22.0 Å². The van der Waals surface area contributed by atoms with E-state index in [1.165, 1.54) is 19.1 Å². The molecule has 0 N–H and O–H groups in total. The maximum absolute atomic E-state index is 12.1. The zero-order valence-electron chi connectivity index (χ0n) is 12.0. The molecule has 1 aromatic carbocycles. The van der Waals surface area contributed by atoms with Crippen LogP contribution in [0.25, 0.3) is 11.0 Å². The van der Waals surface area contributed by atoms with Gasteiger partial charge in [0.15, 0.2) is 5.65 Å². The molecule has 0 fully saturated rings. The number of fused-ring (bicyclic) bond motifs is 1. The van der Waals surface area contributed by atoms with Crippen molar-refractivity contribution in [3.63, 3.8) is 0 Å². The van der Waals surface area contributed by atoms with Gasteiger partial charge in [-0.3, -0.25) is 3.97 Å². The summed E-state index contributed by atoms with van der Waals surface area (Å²) in [5.74, 6) is -0.352. The summed E-state index contributed by atoms with van der Waals surface area (Å²) in [6.45, 7) is 1.90. The lowest BCUT2D eigenvalue weighted by Gasteiger charge is -2.06. The first-order valence-corrected chi connectivity index (χ1v) is 8.16. The lowest BCUT2D eigenvalue weighted by molar-refractivity contribution is 0.0602. The second kappa shape index (κ2) is 6.14. The first-order chi connectivity index (χ1) is 10.6. The smallest absolute Gasteiger partial charge is 0.340 e. The molecule has 0 spiro atoms. The third-order valence-electron chi connectivity index (χ3n) is 3.29. The Morgan fingerprint density at radius 2 is 2.05 bits per heavy atom. The second-order valence-electron chi connectivity index (χ2n) is 4.68. The molecule has 2 heterocycles. The molecule has 0 saturated carbocycles. The zero-order chi connectivity index (χ0) is 15.7. The van der Waals surface area contributed by atoms with Gasteiger partial charge in [-0.25, -0.2) is 9.78 Å². The van der Waals surface area contributed by atoms with Gasteiger partial charge >= 0.3 is 5.97 Å². The molecule has 0 aliphatic heterocycles. The molecule has 0 atom stereocenters. The highest BCUT2D eigenvalue weighted by Crippen LogP contribution is 2.33. The number of pyridine rings is 1. The van der Waals surface area contributed by atoms with Crippen LogP contribution in [-0.2, 0) is 4.74 Å². The average molecular weight is 377 g/mol. The summed E-state index contributed by atoms with van der Waals surface area (Å²) in [6.07, 6.45) is 1.73. The van der Waals surface area contributed by atoms with Gasteiger partial charge in [-0.05, 0) is 53.0 Å². The van der Waals surface area contributed by atoms with Gasteiger partial charge < -0.3 is 4.74 Å². The van der Waals surface area contributed by atoms with Crippen LogP contribution >= 0.6 is 27.9 Å². The van der Waals surface area contributed by atoms with E-state index in [2.05, 4.69) is 20.9 Å². The Balaban J connectivity index is 2.22. The van der Waals surface area contributed by atoms with Crippen LogP contribution in [0, 0.1) is 6.92 Å². The van der Waals surface area contributed by atoms with Crippen molar-refractivity contribution in [3.8, 4) is 0 Å². The second-order valence-corrected chi connectivity index (χ2v) is 6.61. The lowest BCUT2D eigenvalue weighted by atomic mass is 10.2. The number of hydrogen-bond donors (Lipinski definition) is 0. The van der Waals surface area contributed by atoms with Gasteiger partial charge in [-0.2, -0.15) is 0 Å². The van der Waals surface area contributed by atoms with E-state index in [0.717, 1.165) is 26.1 Å². The molecule has 0 aliphatic rings. The number of methoxy groups -OCH3 is 1. The molecule has 0 bridgehead atoms. The maximum atomic E-state index is 12.1. The molecule has 0 amide bonds. The number of carbonyl (C=O) groups is 1. The Hall–Kier alpha value is -1.79. The van der Waals surface area contributed by atoms with Gasteiger partial charge in [-0.15, -0.1) is 0 Å². The molecule has 22 heavy (non-hydrogen) atoms. The topological polar surface area (TPSA) is 44.1 Å².